The Kier molecular flexibility index (Phi) is 4.21. The maximum absolute atomic E-state index is 12.8. The number of carbonyl (C=O) groups is 1. The van der Waals surface area contributed by atoms with Gasteiger partial charge >= 0.3 is 0 Å². The molecular formula is C20H17BrN2OS. The van der Waals surface area contributed by atoms with Crippen molar-refractivity contribution in [3.63, 3.8) is 0 Å². The smallest absolute Gasteiger partial charge is 0.236 e. The van der Waals surface area contributed by atoms with Gasteiger partial charge in [-0.1, -0.05) is 58.4 Å². The number of carbonyl (C=O) groups excluding carboxylic acids is 1. The number of thiazole rings is 1. The van der Waals surface area contributed by atoms with Crippen molar-refractivity contribution in [3.05, 3.63) is 69.5 Å². The lowest BCUT2D eigenvalue weighted by molar-refractivity contribution is -0.118. The molecule has 2 aromatic carbocycles. The fraction of sp³-hybridized carbons (Fsp3) is 0.200. The largest absolute Gasteiger partial charge is 0.301 e. The average Bonchev–Trinajstić information content (AvgIpc) is 3.36. The van der Waals surface area contributed by atoms with E-state index in [0.717, 1.165) is 39.0 Å². The molecule has 0 saturated heterocycles. The number of aromatic nitrogens is 1. The molecule has 1 fully saturated rings. The SMILES string of the molecule is Cc1sc(NC(=O)C2(c3ccccc3)CC2)nc1-c1ccc(Br)cc1. The molecule has 5 heteroatoms. The van der Waals surface area contributed by atoms with Crippen LogP contribution in [0.15, 0.2) is 59.1 Å². The van der Waals surface area contributed by atoms with Crippen molar-refractivity contribution in [2.24, 2.45) is 0 Å². The van der Waals surface area contributed by atoms with Gasteiger partial charge in [-0.3, -0.25) is 4.79 Å². The molecule has 126 valence electrons. The van der Waals surface area contributed by atoms with Gasteiger partial charge < -0.3 is 5.32 Å². The summed E-state index contributed by atoms with van der Waals surface area (Å²) in [6, 6.07) is 18.1. The van der Waals surface area contributed by atoms with Crippen molar-refractivity contribution in [1.82, 2.24) is 4.98 Å². The molecule has 0 unspecified atom stereocenters. The fourth-order valence-corrected chi connectivity index (χ4v) is 4.17. The van der Waals surface area contributed by atoms with Crippen LogP contribution in [0.25, 0.3) is 11.3 Å². The van der Waals surface area contributed by atoms with Crippen molar-refractivity contribution in [2.45, 2.75) is 25.2 Å². The van der Waals surface area contributed by atoms with Crippen LogP contribution >= 0.6 is 27.3 Å². The van der Waals surface area contributed by atoms with E-state index in [2.05, 4.69) is 26.2 Å². The minimum atomic E-state index is -0.376. The number of amides is 1. The second-order valence-electron chi connectivity index (χ2n) is 6.33. The van der Waals surface area contributed by atoms with Gasteiger partial charge in [-0.05, 0) is 37.5 Å². The standard InChI is InChI=1S/C20H17BrN2OS/c1-13-17(14-7-9-16(21)10-8-14)22-19(25-13)23-18(24)20(11-12-20)15-5-3-2-4-6-15/h2-10H,11-12H2,1H3,(H,22,23,24). The zero-order valence-corrected chi connectivity index (χ0v) is 16.2. The Hall–Kier alpha value is -1.98. The third kappa shape index (κ3) is 3.14. The van der Waals surface area contributed by atoms with Gasteiger partial charge in [-0.25, -0.2) is 4.98 Å². The summed E-state index contributed by atoms with van der Waals surface area (Å²) in [4.78, 5) is 18.6. The van der Waals surface area contributed by atoms with Crippen molar-refractivity contribution in [3.8, 4) is 11.3 Å². The Balaban J connectivity index is 1.57. The quantitative estimate of drug-likeness (QED) is 0.609. The van der Waals surface area contributed by atoms with Gasteiger partial charge in [-0.15, -0.1) is 11.3 Å². The summed E-state index contributed by atoms with van der Waals surface area (Å²) in [7, 11) is 0. The number of hydrogen-bond donors (Lipinski definition) is 1. The Labute approximate surface area is 159 Å². The molecular weight excluding hydrogens is 396 g/mol. The third-order valence-electron chi connectivity index (χ3n) is 4.65. The number of nitrogens with one attached hydrogen (secondary N) is 1. The third-order valence-corrected chi connectivity index (χ3v) is 6.06. The topological polar surface area (TPSA) is 42.0 Å². The molecule has 1 amide bonds. The zero-order valence-electron chi connectivity index (χ0n) is 13.8. The first-order valence-electron chi connectivity index (χ1n) is 8.19. The Morgan fingerprint density at radius 2 is 1.80 bits per heavy atom. The summed E-state index contributed by atoms with van der Waals surface area (Å²) in [5, 5.41) is 3.71. The summed E-state index contributed by atoms with van der Waals surface area (Å²) >= 11 is 4.98. The van der Waals surface area contributed by atoms with Gasteiger partial charge in [-0.2, -0.15) is 0 Å². The van der Waals surface area contributed by atoms with Crippen molar-refractivity contribution in [1.29, 1.82) is 0 Å². The maximum atomic E-state index is 12.8. The van der Waals surface area contributed by atoms with E-state index in [9.17, 15) is 4.79 Å². The minimum Gasteiger partial charge on any atom is -0.301 e. The van der Waals surface area contributed by atoms with Crippen molar-refractivity contribution in [2.75, 3.05) is 5.32 Å². The molecule has 0 radical (unpaired) electrons. The first-order chi connectivity index (χ1) is 12.1. The number of nitrogens with zero attached hydrogens (tertiary/aromatic N) is 1. The van der Waals surface area contributed by atoms with E-state index in [0.29, 0.717) is 5.13 Å². The molecule has 1 aromatic heterocycles. The monoisotopic (exact) mass is 412 g/mol. The van der Waals surface area contributed by atoms with E-state index in [4.69, 9.17) is 0 Å². The highest BCUT2D eigenvalue weighted by Gasteiger charge is 2.51. The lowest BCUT2D eigenvalue weighted by Crippen LogP contribution is -2.27. The highest BCUT2D eigenvalue weighted by molar-refractivity contribution is 9.10. The predicted octanol–water partition coefficient (Wildman–Crippen LogP) is 5.55. The molecule has 0 bridgehead atoms. The highest BCUT2D eigenvalue weighted by atomic mass is 79.9. The van der Waals surface area contributed by atoms with Crippen LogP contribution in [0.4, 0.5) is 5.13 Å². The van der Waals surface area contributed by atoms with Crippen LogP contribution in [0.5, 0.6) is 0 Å². The summed E-state index contributed by atoms with van der Waals surface area (Å²) in [6.45, 7) is 2.04. The lowest BCUT2D eigenvalue weighted by atomic mass is 9.95. The fourth-order valence-electron chi connectivity index (χ4n) is 3.07. The number of aryl methyl sites for hydroxylation is 1. The summed E-state index contributed by atoms with van der Waals surface area (Å²) in [5.41, 5.74) is 2.70. The van der Waals surface area contributed by atoms with Gasteiger partial charge in [0.2, 0.25) is 5.91 Å². The molecule has 0 aliphatic heterocycles. The first kappa shape index (κ1) is 16.5. The average molecular weight is 413 g/mol. The number of hydrogen-bond acceptors (Lipinski definition) is 3. The van der Waals surface area contributed by atoms with E-state index < -0.39 is 0 Å². The summed E-state index contributed by atoms with van der Waals surface area (Å²) < 4.78 is 1.04. The van der Waals surface area contributed by atoms with Gasteiger partial charge in [0.1, 0.15) is 0 Å². The van der Waals surface area contributed by atoms with Gasteiger partial charge in [0.05, 0.1) is 11.1 Å². The molecule has 1 N–H and O–H groups in total. The minimum absolute atomic E-state index is 0.0507. The number of anilines is 1. The lowest BCUT2D eigenvalue weighted by Gasteiger charge is -2.14. The Morgan fingerprint density at radius 1 is 1.12 bits per heavy atom. The zero-order chi connectivity index (χ0) is 17.4. The first-order valence-corrected chi connectivity index (χ1v) is 9.80. The van der Waals surface area contributed by atoms with E-state index in [-0.39, 0.29) is 11.3 Å². The van der Waals surface area contributed by atoms with Crippen LogP contribution in [0.2, 0.25) is 0 Å². The molecule has 1 saturated carbocycles. The maximum Gasteiger partial charge on any atom is 0.236 e. The van der Waals surface area contributed by atoms with Crippen LogP contribution in [0.3, 0.4) is 0 Å². The van der Waals surface area contributed by atoms with Gasteiger partial charge in [0.15, 0.2) is 5.13 Å². The highest BCUT2D eigenvalue weighted by Crippen LogP contribution is 2.49. The second kappa shape index (κ2) is 6.39. The van der Waals surface area contributed by atoms with E-state index in [1.165, 1.54) is 11.3 Å². The van der Waals surface area contributed by atoms with E-state index >= 15 is 0 Å². The van der Waals surface area contributed by atoms with Crippen molar-refractivity contribution < 1.29 is 4.79 Å². The van der Waals surface area contributed by atoms with E-state index in [1.54, 1.807) is 0 Å². The van der Waals surface area contributed by atoms with Crippen LogP contribution < -0.4 is 5.32 Å². The van der Waals surface area contributed by atoms with Crippen LogP contribution in [-0.4, -0.2) is 10.9 Å². The molecule has 0 spiro atoms. The normalized spacial score (nSPS) is 15.0. The molecule has 3 nitrogen and oxygen atoms in total. The van der Waals surface area contributed by atoms with Crippen molar-refractivity contribution >= 4 is 38.3 Å². The van der Waals surface area contributed by atoms with E-state index in [1.807, 2.05) is 61.5 Å². The molecule has 4 rings (SSSR count). The molecule has 1 aliphatic carbocycles. The van der Waals surface area contributed by atoms with Crippen LogP contribution in [-0.2, 0) is 10.2 Å². The van der Waals surface area contributed by atoms with Gasteiger partial charge in [0.25, 0.3) is 0 Å². The number of rotatable bonds is 4. The Bertz CT molecular complexity index is 915. The second-order valence-corrected chi connectivity index (χ2v) is 8.45. The predicted molar refractivity (Wildman–Crippen MR) is 106 cm³/mol. The number of halogens is 1. The summed E-state index contributed by atoms with van der Waals surface area (Å²) in [5.74, 6) is 0.0507. The van der Waals surface area contributed by atoms with Gasteiger partial charge in [0, 0.05) is 14.9 Å². The van der Waals surface area contributed by atoms with Crippen LogP contribution in [0, 0.1) is 6.92 Å². The summed E-state index contributed by atoms with van der Waals surface area (Å²) in [6.07, 6.45) is 1.79. The molecule has 25 heavy (non-hydrogen) atoms. The van der Waals surface area contributed by atoms with Crippen LogP contribution in [0.1, 0.15) is 23.3 Å². The number of benzene rings is 2. The molecule has 3 aromatic rings. The Morgan fingerprint density at radius 3 is 2.44 bits per heavy atom. The molecule has 0 atom stereocenters. The molecule has 1 heterocycles. The molecule has 1 aliphatic rings.